The molecule has 1 aliphatic rings. The number of rotatable bonds is 7. The van der Waals surface area contributed by atoms with Gasteiger partial charge in [-0.15, -0.1) is 0 Å². The summed E-state index contributed by atoms with van der Waals surface area (Å²) in [5.74, 6) is 0.526. The number of carbonyl (C=O) groups is 2. The first-order chi connectivity index (χ1) is 10.3. The van der Waals surface area contributed by atoms with Gasteiger partial charge < -0.3 is 0 Å². The Hall–Kier alpha value is -1.44. The Morgan fingerprint density at radius 1 is 1.23 bits per heavy atom. The molecule has 0 saturated carbocycles. The van der Waals surface area contributed by atoms with Crippen LogP contribution in [0.1, 0.15) is 66.7 Å². The summed E-state index contributed by atoms with van der Waals surface area (Å²) < 4.78 is 0. The smallest absolute Gasteiger partial charge is 0.146 e. The quantitative estimate of drug-likeness (QED) is 0.368. The Balaban J connectivity index is 2.65. The molecule has 0 aromatic carbocycles. The van der Waals surface area contributed by atoms with Crippen LogP contribution in [0.25, 0.3) is 0 Å². The van der Waals surface area contributed by atoms with Crippen molar-refractivity contribution in [3.63, 3.8) is 0 Å². The summed E-state index contributed by atoms with van der Waals surface area (Å²) in [6.07, 6.45) is 11.4. The van der Waals surface area contributed by atoms with Crippen LogP contribution in [0.15, 0.2) is 34.4 Å². The standard InChI is InChI=1S/C20H30O2/c1-15(7-6-8-16(2)13-21)9-11-18-12-10-17(3)19(14-22)20(18,4)5/h8-9,13-14,18H,6-7,10-12H2,1-5H3/b15-9+,16-8+. The number of aldehydes is 2. The van der Waals surface area contributed by atoms with Crippen LogP contribution >= 0.6 is 0 Å². The number of carbonyl (C=O) groups excluding carboxylic acids is 2. The van der Waals surface area contributed by atoms with Crippen molar-refractivity contribution in [3.05, 3.63) is 34.4 Å². The van der Waals surface area contributed by atoms with E-state index in [9.17, 15) is 9.59 Å². The maximum Gasteiger partial charge on any atom is 0.146 e. The summed E-state index contributed by atoms with van der Waals surface area (Å²) in [7, 11) is 0. The summed E-state index contributed by atoms with van der Waals surface area (Å²) in [6.45, 7) is 10.5. The summed E-state index contributed by atoms with van der Waals surface area (Å²) in [5, 5.41) is 0. The van der Waals surface area contributed by atoms with Crippen LogP contribution in [0.2, 0.25) is 0 Å². The van der Waals surface area contributed by atoms with E-state index in [1.807, 2.05) is 13.0 Å². The van der Waals surface area contributed by atoms with E-state index in [1.165, 1.54) is 11.1 Å². The topological polar surface area (TPSA) is 34.1 Å². The second kappa shape index (κ2) is 8.26. The SMILES string of the molecule is CC1=C(C=O)C(C)(C)C(C/C=C(\C)CC/C=C(\C)C=O)CC1. The molecule has 0 aromatic rings. The maximum atomic E-state index is 11.4. The highest BCUT2D eigenvalue weighted by Crippen LogP contribution is 2.45. The Kier molecular flexibility index (Phi) is 6.99. The van der Waals surface area contributed by atoms with Gasteiger partial charge in [0.2, 0.25) is 0 Å². The fourth-order valence-electron chi connectivity index (χ4n) is 3.34. The van der Waals surface area contributed by atoms with Gasteiger partial charge in [-0.25, -0.2) is 0 Å². The van der Waals surface area contributed by atoms with E-state index in [2.05, 4.69) is 33.8 Å². The van der Waals surface area contributed by atoms with Crippen molar-refractivity contribution in [3.8, 4) is 0 Å². The Labute approximate surface area is 135 Å². The van der Waals surface area contributed by atoms with Crippen molar-refractivity contribution < 1.29 is 9.59 Å². The Morgan fingerprint density at radius 3 is 2.50 bits per heavy atom. The molecule has 2 nitrogen and oxygen atoms in total. The van der Waals surface area contributed by atoms with Gasteiger partial charge in [0.1, 0.15) is 12.6 Å². The lowest BCUT2D eigenvalue weighted by molar-refractivity contribution is -0.106. The van der Waals surface area contributed by atoms with E-state index in [4.69, 9.17) is 0 Å². The monoisotopic (exact) mass is 302 g/mol. The fraction of sp³-hybridized carbons (Fsp3) is 0.600. The molecule has 122 valence electrons. The molecule has 2 heteroatoms. The predicted octanol–water partition coefficient (Wildman–Crippen LogP) is 5.20. The summed E-state index contributed by atoms with van der Waals surface area (Å²) in [4.78, 5) is 21.9. The molecule has 0 N–H and O–H groups in total. The van der Waals surface area contributed by atoms with Gasteiger partial charge >= 0.3 is 0 Å². The fourth-order valence-corrected chi connectivity index (χ4v) is 3.34. The van der Waals surface area contributed by atoms with Gasteiger partial charge in [-0.3, -0.25) is 9.59 Å². The highest BCUT2D eigenvalue weighted by atomic mass is 16.1. The molecule has 1 unspecified atom stereocenters. The van der Waals surface area contributed by atoms with Crippen molar-refractivity contribution in [1.82, 2.24) is 0 Å². The Bertz CT molecular complexity index is 504. The molecule has 0 bridgehead atoms. The van der Waals surface area contributed by atoms with Gasteiger partial charge in [-0.05, 0) is 75.4 Å². The molecule has 1 aliphatic carbocycles. The normalized spacial score (nSPS) is 22.7. The first-order valence-corrected chi connectivity index (χ1v) is 8.25. The van der Waals surface area contributed by atoms with Crippen molar-refractivity contribution in [2.75, 3.05) is 0 Å². The van der Waals surface area contributed by atoms with Crippen LogP contribution in [0.5, 0.6) is 0 Å². The number of allylic oxidation sites excluding steroid dienone is 6. The molecule has 0 aliphatic heterocycles. The van der Waals surface area contributed by atoms with Crippen LogP contribution in [0.4, 0.5) is 0 Å². The summed E-state index contributed by atoms with van der Waals surface area (Å²) in [5.41, 5.74) is 4.39. The van der Waals surface area contributed by atoms with E-state index in [1.54, 1.807) is 0 Å². The third-order valence-corrected chi connectivity index (χ3v) is 5.10. The van der Waals surface area contributed by atoms with E-state index in [0.717, 1.165) is 55.8 Å². The molecule has 0 fully saturated rings. The zero-order chi connectivity index (χ0) is 16.8. The molecule has 22 heavy (non-hydrogen) atoms. The maximum absolute atomic E-state index is 11.4. The second-order valence-electron chi connectivity index (χ2n) is 7.16. The van der Waals surface area contributed by atoms with Crippen LogP contribution in [0.3, 0.4) is 0 Å². The average molecular weight is 302 g/mol. The molecule has 0 spiro atoms. The summed E-state index contributed by atoms with van der Waals surface area (Å²) in [6, 6.07) is 0. The first-order valence-electron chi connectivity index (χ1n) is 8.25. The highest BCUT2D eigenvalue weighted by Gasteiger charge is 2.36. The zero-order valence-corrected chi connectivity index (χ0v) is 14.7. The third-order valence-electron chi connectivity index (χ3n) is 5.10. The van der Waals surface area contributed by atoms with Crippen molar-refractivity contribution in [1.29, 1.82) is 0 Å². The molecular weight excluding hydrogens is 272 g/mol. The zero-order valence-electron chi connectivity index (χ0n) is 14.7. The third kappa shape index (κ3) is 4.79. The molecule has 0 radical (unpaired) electrons. The molecule has 0 saturated heterocycles. The minimum atomic E-state index is -0.0329. The van der Waals surface area contributed by atoms with Gasteiger partial charge in [0.05, 0.1) is 0 Å². The molecule has 0 heterocycles. The largest absolute Gasteiger partial charge is 0.298 e. The number of hydrogen-bond acceptors (Lipinski definition) is 2. The molecule has 0 amide bonds. The molecule has 1 atom stereocenters. The number of hydrogen-bond donors (Lipinski definition) is 0. The first kappa shape index (κ1) is 18.6. The van der Waals surface area contributed by atoms with Gasteiger partial charge in [0, 0.05) is 0 Å². The van der Waals surface area contributed by atoms with E-state index in [0.29, 0.717) is 5.92 Å². The minimum Gasteiger partial charge on any atom is -0.298 e. The van der Waals surface area contributed by atoms with Crippen LogP contribution in [0, 0.1) is 11.3 Å². The lowest BCUT2D eigenvalue weighted by Crippen LogP contribution is -2.31. The van der Waals surface area contributed by atoms with Crippen LogP contribution in [-0.4, -0.2) is 12.6 Å². The molecule has 0 aromatic heterocycles. The average Bonchev–Trinajstić information content (AvgIpc) is 2.46. The van der Waals surface area contributed by atoms with Crippen LogP contribution in [-0.2, 0) is 9.59 Å². The Morgan fingerprint density at radius 2 is 1.91 bits per heavy atom. The van der Waals surface area contributed by atoms with Crippen molar-refractivity contribution in [2.45, 2.75) is 66.7 Å². The van der Waals surface area contributed by atoms with Crippen molar-refractivity contribution >= 4 is 12.6 Å². The molecular formula is C20H30O2. The van der Waals surface area contributed by atoms with E-state index in [-0.39, 0.29) is 5.41 Å². The predicted molar refractivity (Wildman–Crippen MR) is 92.7 cm³/mol. The highest BCUT2D eigenvalue weighted by molar-refractivity contribution is 5.77. The van der Waals surface area contributed by atoms with E-state index < -0.39 is 0 Å². The van der Waals surface area contributed by atoms with Crippen LogP contribution < -0.4 is 0 Å². The molecule has 1 rings (SSSR count). The second-order valence-corrected chi connectivity index (χ2v) is 7.16. The van der Waals surface area contributed by atoms with E-state index >= 15 is 0 Å². The van der Waals surface area contributed by atoms with Gasteiger partial charge in [-0.2, -0.15) is 0 Å². The van der Waals surface area contributed by atoms with Crippen molar-refractivity contribution in [2.24, 2.45) is 11.3 Å². The lowest BCUT2D eigenvalue weighted by Gasteiger charge is -2.39. The minimum absolute atomic E-state index is 0.0329. The van der Waals surface area contributed by atoms with Gasteiger partial charge in [-0.1, -0.05) is 37.1 Å². The summed E-state index contributed by atoms with van der Waals surface area (Å²) >= 11 is 0. The lowest BCUT2D eigenvalue weighted by atomic mass is 9.64. The van der Waals surface area contributed by atoms with Gasteiger partial charge in [0.15, 0.2) is 0 Å². The van der Waals surface area contributed by atoms with Gasteiger partial charge in [0.25, 0.3) is 0 Å².